The molecule has 0 spiro atoms. The molecule has 0 saturated heterocycles. The van der Waals surface area contributed by atoms with Crippen molar-refractivity contribution < 1.29 is 4.74 Å². The third-order valence-corrected chi connectivity index (χ3v) is 4.36. The second kappa shape index (κ2) is 6.28. The van der Waals surface area contributed by atoms with Crippen LogP contribution < -0.4 is 10.1 Å². The first-order chi connectivity index (χ1) is 10.3. The number of nitrogens with one attached hydrogen (secondary N) is 1. The van der Waals surface area contributed by atoms with Gasteiger partial charge in [0.2, 0.25) is 0 Å². The van der Waals surface area contributed by atoms with Crippen LogP contribution in [0.1, 0.15) is 17.1 Å². The maximum atomic E-state index is 5.67. The lowest BCUT2D eigenvalue weighted by atomic mass is 10.3. The predicted octanol–water partition coefficient (Wildman–Crippen LogP) is 3.18. The number of imidazole rings is 1. The smallest absolute Gasteiger partial charge is 0.194 e. The van der Waals surface area contributed by atoms with E-state index in [1.165, 1.54) is 11.4 Å². The number of fused-ring (bicyclic) bond motifs is 1. The van der Waals surface area contributed by atoms with Gasteiger partial charge in [0.25, 0.3) is 0 Å². The van der Waals surface area contributed by atoms with Gasteiger partial charge in [-0.25, -0.2) is 4.98 Å². The molecule has 5 heteroatoms. The summed E-state index contributed by atoms with van der Waals surface area (Å²) in [5.41, 5.74) is 3.58. The van der Waals surface area contributed by atoms with E-state index in [9.17, 15) is 0 Å². The highest BCUT2D eigenvalue weighted by Crippen LogP contribution is 2.20. The fourth-order valence-corrected chi connectivity index (χ4v) is 3.27. The Balaban J connectivity index is 1.53. The number of nitrogens with zero attached hydrogens (tertiary/aromatic N) is 2. The van der Waals surface area contributed by atoms with Crippen LogP contribution in [0.5, 0.6) is 5.75 Å². The molecule has 0 atom stereocenters. The van der Waals surface area contributed by atoms with Gasteiger partial charge in [-0.2, -0.15) is 0 Å². The van der Waals surface area contributed by atoms with Crippen LogP contribution >= 0.6 is 11.3 Å². The molecule has 3 aromatic rings. The monoisotopic (exact) mass is 301 g/mol. The molecule has 2 aromatic heterocycles. The lowest BCUT2D eigenvalue weighted by Crippen LogP contribution is -2.21. The van der Waals surface area contributed by atoms with Crippen molar-refractivity contribution in [2.24, 2.45) is 0 Å². The SMILES string of the molecule is Cc1nc2scc(C)n2c1CNCCOc1ccccc1. The molecule has 4 nitrogen and oxygen atoms in total. The van der Waals surface area contributed by atoms with E-state index in [4.69, 9.17) is 4.74 Å². The number of hydrogen-bond acceptors (Lipinski definition) is 4. The first-order valence-electron chi connectivity index (χ1n) is 7.06. The predicted molar refractivity (Wildman–Crippen MR) is 86.2 cm³/mol. The first-order valence-corrected chi connectivity index (χ1v) is 7.94. The van der Waals surface area contributed by atoms with Gasteiger partial charge in [-0.1, -0.05) is 18.2 Å². The van der Waals surface area contributed by atoms with E-state index < -0.39 is 0 Å². The summed E-state index contributed by atoms with van der Waals surface area (Å²) in [4.78, 5) is 5.66. The minimum absolute atomic E-state index is 0.660. The van der Waals surface area contributed by atoms with E-state index in [0.717, 1.165) is 29.5 Å². The highest BCUT2D eigenvalue weighted by molar-refractivity contribution is 7.15. The fraction of sp³-hybridized carbons (Fsp3) is 0.312. The maximum Gasteiger partial charge on any atom is 0.194 e. The van der Waals surface area contributed by atoms with Crippen LogP contribution in [0.15, 0.2) is 35.7 Å². The average Bonchev–Trinajstić information content (AvgIpc) is 3.00. The van der Waals surface area contributed by atoms with Crippen molar-refractivity contribution in [3.05, 3.63) is 52.8 Å². The Bertz CT molecular complexity index is 718. The summed E-state index contributed by atoms with van der Waals surface area (Å²) in [7, 11) is 0. The van der Waals surface area contributed by atoms with Gasteiger partial charge < -0.3 is 10.1 Å². The zero-order chi connectivity index (χ0) is 14.7. The number of aryl methyl sites for hydroxylation is 2. The first kappa shape index (κ1) is 14.1. The van der Waals surface area contributed by atoms with Crippen LogP contribution in [0, 0.1) is 13.8 Å². The van der Waals surface area contributed by atoms with Crippen LogP contribution in [0.2, 0.25) is 0 Å². The summed E-state index contributed by atoms with van der Waals surface area (Å²) in [5, 5.41) is 5.57. The number of thiazole rings is 1. The van der Waals surface area contributed by atoms with E-state index in [1.807, 2.05) is 30.3 Å². The third-order valence-electron chi connectivity index (χ3n) is 3.41. The number of ether oxygens (including phenoxy) is 1. The van der Waals surface area contributed by atoms with E-state index >= 15 is 0 Å². The molecular formula is C16H19N3OS. The molecule has 21 heavy (non-hydrogen) atoms. The number of hydrogen-bond donors (Lipinski definition) is 1. The number of benzene rings is 1. The molecule has 0 unspecified atom stereocenters. The van der Waals surface area contributed by atoms with E-state index in [0.29, 0.717) is 6.61 Å². The van der Waals surface area contributed by atoms with Crippen molar-refractivity contribution in [2.45, 2.75) is 20.4 Å². The molecule has 3 rings (SSSR count). The molecule has 0 aliphatic carbocycles. The third kappa shape index (κ3) is 3.09. The molecule has 0 aliphatic rings. The van der Waals surface area contributed by atoms with Crippen molar-refractivity contribution in [3.63, 3.8) is 0 Å². The van der Waals surface area contributed by atoms with E-state index in [2.05, 4.69) is 33.9 Å². The molecule has 0 aliphatic heterocycles. The van der Waals surface area contributed by atoms with Crippen molar-refractivity contribution in [2.75, 3.05) is 13.2 Å². The van der Waals surface area contributed by atoms with Crippen LogP contribution in [-0.4, -0.2) is 22.5 Å². The fourth-order valence-electron chi connectivity index (χ4n) is 2.34. The summed E-state index contributed by atoms with van der Waals surface area (Å²) < 4.78 is 7.90. The largest absolute Gasteiger partial charge is 0.492 e. The van der Waals surface area contributed by atoms with Gasteiger partial charge in [-0.05, 0) is 26.0 Å². The van der Waals surface area contributed by atoms with Gasteiger partial charge in [-0.3, -0.25) is 4.40 Å². The van der Waals surface area contributed by atoms with Crippen LogP contribution in [-0.2, 0) is 6.54 Å². The van der Waals surface area contributed by atoms with E-state index in [-0.39, 0.29) is 0 Å². The van der Waals surface area contributed by atoms with Gasteiger partial charge in [0.05, 0.1) is 11.4 Å². The van der Waals surface area contributed by atoms with Gasteiger partial charge in [0.1, 0.15) is 12.4 Å². The van der Waals surface area contributed by atoms with Gasteiger partial charge in [-0.15, -0.1) is 11.3 Å². The van der Waals surface area contributed by atoms with E-state index in [1.54, 1.807) is 11.3 Å². The van der Waals surface area contributed by atoms with Gasteiger partial charge in [0.15, 0.2) is 4.96 Å². The molecule has 0 fully saturated rings. The minimum Gasteiger partial charge on any atom is -0.492 e. The highest BCUT2D eigenvalue weighted by atomic mass is 32.1. The van der Waals surface area contributed by atoms with Crippen LogP contribution in [0.3, 0.4) is 0 Å². The van der Waals surface area contributed by atoms with Crippen LogP contribution in [0.25, 0.3) is 4.96 Å². The standard InChI is InChI=1S/C16H19N3OS/c1-12-11-21-16-18-13(2)15(19(12)16)10-17-8-9-20-14-6-4-3-5-7-14/h3-7,11,17H,8-10H2,1-2H3. The number of para-hydroxylation sites is 1. The Labute approximate surface area is 128 Å². The van der Waals surface area contributed by atoms with Crippen molar-refractivity contribution >= 4 is 16.3 Å². The molecular weight excluding hydrogens is 282 g/mol. The second-order valence-corrected chi connectivity index (χ2v) is 5.81. The van der Waals surface area contributed by atoms with Crippen molar-refractivity contribution in [3.8, 4) is 5.75 Å². The zero-order valence-electron chi connectivity index (χ0n) is 12.3. The van der Waals surface area contributed by atoms with Crippen LogP contribution in [0.4, 0.5) is 0 Å². The Morgan fingerprint density at radius 3 is 2.86 bits per heavy atom. The average molecular weight is 301 g/mol. The van der Waals surface area contributed by atoms with Crippen molar-refractivity contribution in [1.29, 1.82) is 0 Å². The summed E-state index contributed by atoms with van der Waals surface area (Å²) in [5.74, 6) is 0.913. The Hall–Kier alpha value is -1.85. The lowest BCUT2D eigenvalue weighted by molar-refractivity contribution is 0.313. The van der Waals surface area contributed by atoms with Gasteiger partial charge >= 0.3 is 0 Å². The molecule has 0 amide bonds. The summed E-state index contributed by atoms with van der Waals surface area (Å²) >= 11 is 1.69. The Morgan fingerprint density at radius 2 is 2.05 bits per heavy atom. The normalized spacial score (nSPS) is 11.1. The summed E-state index contributed by atoms with van der Waals surface area (Å²) in [6, 6.07) is 9.89. The molecule has 1 aromatic carbocycles. The minimum atomic E-state index is 0.660. The molecule has 1 N–H and O–H groups in total. The molecule has 2 heterocycles. The topological polar surface area (TPSA) is 38.6 Å². The summed E-state index contributed by atoms with van der Waals surface area (Å²) in [6.07, 6.45) is 0. The second-order valence-electron chi connectivity index (χ2n) is 4.98. The van der Waals surface area contributed by atoms with Gasteiger partial charge in [0, 0.05) is 24.2 Å². The number of rotatable bonds is 6. The quantitative estimate of drug-likeness (QED) is 0.711. The highest BCUT2D eigenvalue weighted by Gasteiger charge is 2.11. The number of aromatic nitrogens is 2. The molecule has 0 bridgehead atoms. The lowest BCUT2D eigenvalue weighted by Gasteiger charge is -2.08. The zero-order valence-corrected chi connectivity index (χ0v) is 13.1. The Kier molecular flexibility index (Phi) is 4.22. The summed E-state index contributed by atoms with van der Waals surface area (Å²) in [6.45, 7) is 6.46. The van der Waals surface area contributed by atoms with Crippen molar-refractivity contribution in [1.82, 2.24) is 14.7 Å². The Morgan fingerprint density at radius 1 is 1.24 bits per heavy atom. The molecule has 110 valence electrons. The maximum absolute atomic E-state index is 5.67. The molecule has 0 radical (unpaired) electrons. The molecule has 0 saturated carbocycles.